The number of amides is 1. The summed E-state index contributed by atoms with van der Waals surface area (Å²) in [5, 5.41) is 14.9. The second-order valence-electron chi connectivity index (χ2n) is 6.08. The number of rotatable bonds is 5. The van der Waals surface area contributed by atoms with Crippen LogP contribution in [0.1, 0.15) is 47.0 Å². The van der Waals surface area contributed by atoms with Crippen molar-refractivity contribution in [3.63, 3.8) is 0 Å². The molecule has 0 spiro atoms. The van der Waals surface area contributed by atoms with E-state index in [1.807, 2.05) is 6.92 Å². The van der Waals surface area contributed by atoms with Crippen LogP contribution in [0.15, 0.2) is 5.16 Å². The van der Waals surface area contributed by atoms with E-state index >= 15 is 0 Å². The molecule has 1 fully saturated rings. The summed E-state index contributed by atoms with van der Waals surface area (Å²) in [5.41, 5.74) is 4.90. The van der Waals surface area contributed by atoms with Gasteiger partial charge < -0.3 is 16.3 Å². The summed E-state index contributed by atoms with van der Waals surface area (Å²) in [4.78, 5) is 12.3. The molecule has 18 heavy (non-hydrogen) atoms. The number of amidine groups is 1. The summed E-state index contributed by atoms with van der Waals surface area (Å²) in [6.45, 7) is 8.29. The molecule has 0 saturated heterocycles. The molecule has 5 nitrogen and oxygen atoms in total. The Morgan fingerprint density at radius 1 is 1.50 bits per heavy atom. The molecule has 0 aromatic heterocycles. The van der Waals surface area contributed by atoms with E-state index in [-0.39, 0.29) is 17.8 Å². The van der Waals surface area contributed by atoms with Crippen molar-refractivity contribution in [2.45, 2.75) is 53.0 Å². The molecule has 0 aromatic carbocycles. The minimum absolute atomic E-state index is 0.0369. The normalized spacial score (nSPS) is 29.8. The Morgan fingerprint density at radius 3 is 2.44 bits per heavy atom. The van der Waals surface area contributed by atoms with Crippen LogP contribution in [-0.4, -0.2) is 23.0 Å². The van der Waals surface area contributed by atoms with E-state index in [1.165, 1.54) is 0 Å². The lowest BCUT2D eigenvalue weighted by Gasteiger charge is -2.44. The van der Waals surface area contributed by atoms with Gasteiger partial charge in [0.25, 0.3) is 0 Å². The molecule has 1 aliphatic carbocycles. The van der Waals surface area contributed by atoms with Crippen molar-refractivity contribution in [2.75, 3.05) is 0 Å². The Kier molecular flexibility index (Phi) is 4.59. The van der Waals surface area contributed by atoms with Gasteiger partial charge in [0, 0.05) is 6.04 Å². The van der Waals surface area contributed by atoms with E-state index in [0.717, 1.165) is 6.42 Å². The first-order chi connectivity index (χ1) is 8.31. The van der Waals surface area contributed by atoms with Gasteiger partial charge in [0.05, 0.1) is 0 Å². The lowest BCUT2D eigenvalue weighted by atomic mass is 9.61. The first-order valence-electron chi connectivity index (χ1n) is 6.60. The Morgan fingerprint density at radius 2 is 2.06 bits per heavy atom. The highest BCUT2D eigenvalue weighted by atomic mass is 16.4. The third-order valence-electron chi connectivity index (χ3n) is 3.63. The van der Waals surface area contributed by atoms with Gasteiger partial charge >= 0.3 is 0 Å². The van der Waals surface area contributed by atoms with Crippen LogP contribution in [0.4, 0.5) is 0 Å². The van der Waals surface area contributed by atoms with Crippen LogP contribution < -0.4 is 11.1 Å². The summed E-state index contributed by atoms with van der Waals surface area (Å²) in [6, 6.07) is 0.108. The smallest absolute Gasteiger partial charge is 0.234 e. The third-order valence-corrected chi connectivity index (χ3v) is 3.63. The van der Waals surface area contributed by atoms with Gasteiger partial charge in [-0.2, -0.15) is 0 Å². The fourth-order valence-electron chi connectivity index (χ4n) is 2.86. The van der Waals surface area contributed by atoms with Gasteiger partial charge in [0.1, 0.15) is 5.41 Å². The molecule has 0 heterocycles. The maximum absolute atomic E-state index is 12.3. The molecule has 0 aromatic rings. The molecular formula is C13H25N3O2. The summed E-state index contributed by atoms with van der Waals surface area (Å²) >= 11 is 0. The van der Waals surface area contributed by atoms with Gasteiger partial charge in [-0.15, -0.1) is 0 Å². The topological polar surface area (TPSA) is 87.7 Å². The van der Waals surface area contributed by atoms with Crippen LogP contribution in [0.25, 0.3) is 0 Å². The highest BCUT2D eigenvalue weighted by Crippen LogP contribution is 2.46. The fourth-order valence-corrected chi connectivity index (χ4v) is 2.86. The van der Waals surface area contributed by atoms with E-state index in [0.29, 0.717) is 24.7 Å². The molecule has 1 unspecified atom stereocenters. The third kappa shape index (κ3) is 2.94. The zero-order valence-corrected chi connectivity index (χ0v) is 11.7. The van der Waals surface area contributed by atoms with E-state index in [9.17, 15) is 4.79 Å². The second-order valence-corrected chi connectivity index (χ2v) is 6.08. The molecule has 5 heteroatoms. The molecule has 1 aliphatic rings. The number of oxime groups is 1. The van der Waals surface area contributed by atoms with Crippen molar-refractivity contribution in [1.29, 1.82) is 0 Å². The number of nitrogens with one attached hydrogen (secondary N) is 1. The zero-order valence-electron chi connectivity index (χ0n) is 11.7. The first-order valence-corrected chi connectivity index (χ1v) is 6.60. The molecule has 1 rings (SSSR count). The first kappa shape index (κ1) is 14.8. The quantitative estimate of drug-likeness (QED) is 0.302. The zero-order chi connectivity index (χ0) is 13.9. The highest BCUT2D eigenvalue weighted by Gasteiger charge is 2.52. The molecule has 1 amide bonds. The van der Waals surface area contributed by atoms with Crippen molar-refractivity contribution >= 4 is 11.7 Å². The SMILES string of the molecule is CC(C)CC(C)NC(=O)C1(C(N)=NO)CC(C)C1. The van der Waals surface area contributed by atoms with Crippen LogP contribution in [0.2, 0.25) is 0 Å². The number of nitrogens with two attached hydrogens (primary N) is 1. The van der Waals surface area contributed by atoms with Gasteiger partial charge in [0.2, 0.25) is 5.91 Å². The number of hydrogen-bond acceptors (Lipinski definition) is 3. The molecule has 0 radical (unpaired) electrons. The Hall–Kier alpha value is -1.26. The van der Waals surface area contributed by atoms with Crippen LogP contribution in [0, 0.1) is 17.3 Å². The van der Waals surface area contributed by atoms with Crippen molar-refractivity contribution in [3.8, 4) is 0 Å². The van der Waals surface area contributed by atoms with Crippen LogP contribution in [-0.2, 0) is 4.79 Å². The largest absolute Gasteiger partial charge is 0.409 e. The van der Waals surface area contributed by atoms with E-state index in [1.54, 1.807) is 0 Å². The molecule has 4 N–H and O–H groups in total. The van der Waals surface area contributed by atoms with Crippen molar-refractivity contribution in [1.82, 2.24) is 5.32 Å². The standard InChI is InChI=1S/C13H25N3O2/c1-8(2)5-10(4)15-12(17)13(11(14)16-18)6-9(3)7-13/h8-10,18H,5-7H2,1-4H3,(H2,14,16)(H,15,17). The van der Waals surface area contributed by atoms with Crippen molar-refractivity contribution < 1.29 is 10.0 Å². The summed E-state index contributed by atoms with van der Waals surface area (Å²) in [6.07, 6.45) is 2.24. The van der Waals surface area contributed by atoms with Gasteiger partial charge in [-0.05, 0) is 38.0 Å². The average molecular weight is 255 g/mol. The number of carbonyl (C=O) groups is 1. The molecule has 0 bridgehead atoms. The van der Waals surface area contributed by atoms with Gasteiger partial charge in [-0.25, -0.2) is 0 Å². The minimum Gasteiger partial charge on any atom is -0.409 e. The number of carbonyl (C=O) groups excluding carboxylic acids is 1. The molecular weight excluding hydrogens is 230 g/mol. The van der Waals surface area contributed by atoms with Crippen molar-refractivity contribution in [3.05, 3.63) is 0 Å². The number of nitrogens with zero attached hydrogens (tertiary/aromatic N) is 1. The predicted octanol–water partition coefficient (Wildman–Crippen LogP) is 1.70. The van der Waals surface area contributed by atoms with E-state index in [2.05, 4.69) is 31.2 Å². The Balaban J connectivity index is 2.68. The second kappa shape index (κ2) is 5.59. The monoisotopic (exact) mass is 255 g/mol. The maximum Gasteiger partial charge on any atom is 0.234 e. The lowest BCUT2D eigenvalue weighted by Crippen LogP contribution is -2.58. The lowest BCUT2D eigenvalue weighted by molar-refractivity contribution is -0.133. The van der Waals surface area contributed by atoms with Crippen LogP contribution >= 0.6 is 0 Å². The van der Waals surface area contributed by atoms with Gasteiger partial charge in [0.15, 0.2) is 5.84 Å². The van der Waals surface area contributed by atoms with Gasteiger partial charge in [-0.3, -0.25) is 4.79 Å². The van der Waals surface area contributed by atoms with Gasteiger partial charge in [-0.1, -0.05) is 25.9 Å². The summed E-state index contributed by atoms with van der Waals surface area (Å²) in [5.74, 6) is 0.899. The molecule has 1 saturated carbocycles. The average Bonchev–Trinajstić information content (AvgIpc) is 2.21. The minimum atomic E-state index is -0.792. The summed E-state index contributed by atoms with van der Waals surface area (Å²) < 4.78 is 0. The Labute approximate surface area is 109 Å². The molecule has 104 valence electrons. The predicted molar refractivity (Wildman–Crippen MR) is 71.3 cm³/mol. The van der Waals surface area contributed by atoms with Crippen LogP contribution in [0.3, 0.4) is 0 Å². The fraction of sp³-hybridized carbons (Fsp3) is 0.846. The Bertz CT molecular complexity index is 333. The number of hydrogen-bond donors (Lipinski definition) is 3. The van der Waals surface area contributed by atoms with E-state index < -0.39 is 5.41 Å². The molecule has 0 aliphatic heterocycles. The van der Waals surface area contributed by atoms with Crippen LogP contribution in [0.5, 0.6) is 0 Å². The summed E-state index contributed by atoms with van der Waals surface area (Å²) in [7, 11) is 0. The van der Waals surface area contributed by atoms with E-state index in [4.69, 9.17) is 10.9 Å². The maximum atomic E-state index is 12.3. The highest BCUT2D eigenvalue weighted by molar-refractivity contribution is 6.07. The van der Waals surface area contributed by atoms with Crippen molar-refractivity contribution in [2.24, 2.45) is 28.1 Å². The molecule has 1 atom stereocenters.